The second-order valence-electron chi connectivity index (χ2n) is 7.27. The molecule has 1 aliphatic carbocycles. The van der Waals surface area contributed by atoms with E-state index in [1.807, 2.05) is 15.6 Å². The van der Waals surface area contributed by atoms with Crippen LogP contribution in [0, 0.1) is 0 Å². The lowest BCUT2D eigenvalue weighted by Crippen LogP contribution is -2.43. The van der Waals surface area contributed by atoms with Crippen LogP contribution in [0.15, 0.2) is 18.3 Å². The smallest absolute Gasteiger partial charge is 0.317 e. The maximum absolute atomic E-state index is 12.6. The molecule has 1 saturated carbocycles. The minimum atomic E-state index is -0.817. The monoisotopic (exact) mass is 358 g/mol. The fourth-order valence-corrected chi connectivity index (χ4v) is 3.93. The summed E-state index contributed by atoms with van der Waals surface area (Å²) in [4.78, 5) is 14.5. The van der Waals surface area contributed by atoms with E-state index in [4.69, 9.17) is 0 Å². The lowest BCUT2D eigenvalue weighted by atomic mass is 10.2. The van der Waals surface area contributed by atoms with E-state index >= 15 is 0 Å². The number of aryl methyl sites for hydroxylation is 2. The van der Waals surface area contributed by atoms with Gasteiger partial charge in [0.1, 0.15) is 6.10 Å². The highest BCUT2D eigenvalue weighted by Crippen LogP contribution is 2.23. The first-order chi connectivity index (χ1) is 12.6. The Morgan fingerprint density at radius 1 is 1.31 bits per heavy atom. The molecule has 1 atom stereocenters. The summed E-state index contributed by atoms with van der Waals surface area (Å²) in [5.41, 5.74) is 2.26. The van der Waals surface area contributed by atoms with Gasteiger partial charge in [-0.3, -0.25) is 9.36 Å². The van der Waals surface area contributed by atoms with Crippen LogP contribution in [-0.4, -0.2) is 48.2 Å². The third-order valence-electron chi connectivity index (χ3n) is 5.42. The largest absolute Gasteiger partial charge is 0.380 e. The zero-order valence-corrected chi connectivity index (χ0v) is 15.1. The number of nitrogens with zero attached hydrogens (tertiary/aromatic N) is 5. The van der Waals surface area contributed by atoms with Gasteiger partial charge < -0.3 is 15.3 Å². The summed E-state index contributed by atoms with van der Waals surface area (Å²) in [6.45, 7) is 1.99. The number of carbonyl (C=O) groups excluding carboxylic acids is 1. The first-order valence-corrected chi connectivity index (χ1v) is 9.40. The van der Waals surface area contributed by atoms with Crippen molar-refractivity contribution in [2.75, 3.05) is 6.54 Å². The Morgan fingerprint density at radius 3 is 2.85 bits per heavy atom. The number of amides is 2. The number of urea groups is 1. The normalized spacial score (nSPS) is 19.2. The van der Waals surface area contributed by atoms with Crippen molar-refractivity contribution in [1.29, 1.82) is 0 Å². The number of fused-ring (bicyclic) bond motifs is 1. The zero-order chi connectivity index (χ0) is 18.1. The predicted molar refractivity (Wildman–Crippen MR) is 95.3 cm³/mol. The predicted octanol–water partition coefficient (Wildman–Crippen LogP) is 1.56. The molecule has 140 valence electrons. The van der Waals surface area contributed by atoms with Crippen molar-refractivity contribution in [1.82, 2.24) is 29.8 Å². The van der Waals surface area contributed by atoms with Crippen molar-refractivity contribution in [3.8, 4) is 0 Å². The molecule has 8 heteroatoms. The maximum atomic E-state index is 12.6. The molecule has 0 radical (unpaired) electrons. The van der Waals surface area contributed by atoms with Gasteiger partial charge in [0.05, 0.1) is 23.6 Å². The lowest BCUT2D eigenvalue weighted by Gasteiger charge is -2.23. The van der Waals surface area contributed by atoms with E-state index in [1.54, 1.807) is 24.0 Å². The fourth-order valence-electron chi connectivity index (χ4n) is 3.93. The molecule has 3 heterocycles. The van der Waals surface area contributed by atoms with Crippen LogP contribution in [0.4, 0.5) is 4.79 Å². The van der Waals surface area contributed by atoms with Crippen molar-refractivity contribution < 1.29 is 9.90 Å². The summed E-state index contributed by atoms with van der Waals surface area (Å²) in [5.74, 6) is 0. The highest BCUT2D eigenvalue weighted by Gasteiger charge is 2.26. The van der Waals surface area contributed by atoms with Crippen molar-refractivity contribution in [2.24, 2.45) is 7.05 Å². The minimum absolute atomic E-state index is 0.0142. The summed E-state index contributed by atoms with van der Waals surface area (Å²) in [6.07, 6.45) is 6.27. The van der Waals surface area contributed by atoms with Crippen LogP contribution in [0.1, 0.15) is 55.3 Å². The number of hydrogen-bond acceptors (Lipinski definition) is 4. The average molecular weight is 358 g/mol. The van der Waals surface area contributed by atoms with E-state index in [2.05, 4.69) is 15.5 Å². The Balaban J connectivity index is 1.48. The molecule has 26 heavy (non-hydrogen) atoms. The van der Waals surface area contributed by atoms with Gasteiger partial charge in [0.15, 0.2) is 0 Å². The summed E-state index contributed by atoms with van der Waals surface area (Å²) >= 11 is 0. The number of rotatable bonds is 3. The minimum Gasteiger partial charge on any atom is -0.380 e. The number of aromatic nitrogens is 4. The molecule has 0 saturated heterocycles. The number of carbonyl (C=O) groups is 1. The van der Waals surface area contributed by atoms with Gasteiger partial charge in [0.25, 0.3) is 0 Å². The molecule has 2 N–H and O–H groups in total. The first kappa shape index (κ1) is 17.1. The van der Waals surface area contributed by atoms with Gasteiger partial charge in [0, 0.05) is 32.4 Å². The van der Waals surface area contributed by atoms with Gasteiger partial charge in [0.2, 0.25) is 0 Å². The van der Waals surface area contributed by atoms with Gasteiger partial charge >= 0.3 is 6.03 Å². The van der Waals surface area contributed by atoms with Crippen LogP contribution in [0.5, 0.6) is 0 Å². The third-order valence-corrected chi connectivity index (χ3v) is 5.42. The van der Waals surface area contributed by atoms with Gasteiger partial charge in [-0.2, -0.15) is 10.2 Å². The Kier molecular flexibility index (Phi) is 4.67. The molecule has 8 nitrogen and oxygen atoms in total. The van der Waals surface area contributed by atoms with Crippen molar-refractivity contribution in [2.45, 2.75) is 57.3 Å². The molecular weight excluding hydrogens is 332 g/mol. The first-order valence-electron chi connectivity index (χ1n) is 9.40. The Bertz CT molecular complexity index is 776. The Morgan fingerprint density at radius 2 is 2.12 bits per heavy atom. The van der Waals surface area contributed by atoms with E-state index in [-0.39, 0.29) is 6.03 Å². The van der Waals surface area contributed by atoms with Crippen LogP contribution >= 0.6 is 0 Å². The maximum Gasteiger partial charge on any atom is 0.317 e. The standard InChI is InChI=1S/C18H26N6O2/c1-22-16(7-8-19-22)17(25)15-11-14-12-23(9-4-10-24(14)21-15)18(26)20-13-5-2-3-6-13/h7-8,11,13,17,25H,2-6,9-10,12H2,1H3,(H,20,26). The number of aliphatic hydroxyl groups is 1. The molecule has 0 aromatic carbocycles. The average Bonchev–Trinajstić information content (AvgIpc) is 3.34. The highest BCUT2D eigenvalue weighted by molar-refractivity contribution is 5.74. The van der Waals surface area contributed by atoms with Crippen molar-refractivity contribution in [3.05, 3.63) is 35.4 Å². The van der Waals surface area contributed by atoms with Gasteiger partial charge in [-0.25, -0.2) is 4.79 Å². The molecule has 0 spiro atoms. The molecule has 2 amide bonds. The molecule has 0 bridgehead atoms. The van der Waals surface area contributed by atoms with Gasteiger partial charge in [-0.05, 0) is 31.4 Å². The molecule has 2 aliphatic rings. The number of hydrogen-bond donors (Lipinski definition) is 2. The summed E-state index contributed by atoms with van der Waals surface area (Å²) in [6, 6.07) is 4.02. The summed E-state index contributed by atoms with van der Waals surface area (Å²) in [5, 5.41) is 22.5. The van der Waals surface area contributed by atoms with E-state index in [0.717, 1.165) is 38.0 Å². The quantitative estimate of drug-likeness (QED) is 0.871. The molecule has 2 aromatic rings. The zero-order valence-electron chi connectivity index (χ0n) is 15.1. The van der Waals surface area contributed by atoms with E-state index < -0.39 is 6.10 Å². The van der Waals surface area contributed by atoms with Crippen LogP contribution in [0.25, 0.3) is 0 Å². The van der Waals surface area contributed by atoms with E-state index in [9.17, 15) is 9.90 Å². The molecule has 1 unspecified atom stereocenters. The van der Waals surface area contributed by atoms with Crippen LogP contribution in [0.3, 0.4) is 0 Å². The Labute approximate surface area is 152 Å². The van der Waals surface area contributed by atoms with Gasteiger partial charge in [-0.15, -0.1) is 0 Å². The second kappa shape index (κ2) is 7.11. The van der Waals surface area contributed by atoms with Crippen LogP contribution < -0.4 is 5.32 Å². The molecule has 1 aliphatic heterocycles. The van der Waals surface area contributed by atoms with Crippen LogP contribution in [-0.2, 0) is 20.1 Å². The van der Waals surface area contributed by atoms with Gasteiger partial charge in [-0.1, -0.05) is 12.8 Å². The summed E-state index contributed by atoms with van der Waals surface area (Å²) in [7, 11) is 1.80. The summed E-state index contributed by atoms with van der Waals surface area (Å²) < 4.78 is 3.56. The van der Waals surface area contributed by atoms with E-state index in [0.29, 0.717) is 24.0 Å². The third kappa shape index (κ3) is 3.33. The van der Waals surface area contributed by atoms with Crippen molar-refractivity contribution >= 4 is 6.03 Å². The Hall–Kier alpha value is -2.35. The molecule has 2 aromatic heterocycles. The second-order valence-corrected chi connectivity index (χ2v) is 7.27. The topological polar surface area (TPSA) is 88.2 Å². The molecule has 4 rings (SSSR count). The SMILES string of the molecule is Cn1nccc1C(O)c1cc2n(n1)CCCN(C(=O)NC1CCCC1)C2. The van der Waals surface area contributed by atoms with Crippen molar-refractivity contribution in [3.63, 3.8) is 0 Å². The number of nitrogens with one attached hydrogen (secondary N) is 1. The lowest BCUT2D eigenvalue weighted by molar-refractivity contribution is 0.191. The highest BCUT2D eigenvalue weighted by atomic mass is 16.3. The molecule has 1 fully saturated rings. The number of aliphatic hydroxyl groups excluding tert-OH is 1. The fraction of sp³-hybridized carbons (Fsp3) is 0.611. The van der Waals surface area contributed by atoms with E-state index in [1.165, 1.54) is 12.8 Å². The van der Waals surface area contributed by atoms with Crippen LogP contribution in [0.2, 0.25) is 0 Å². The molecular formula is C18H26N6O2.